The van der Waals surface area contributed by atoms with Crippen LogP contribution in [0, 0.1) is 13.8 Å². The average molecular weight is 250 g/mol. The summed E-state index contributed by atoms with van der Waals surface area (Å²) in [5.74, 6) is 0.424. The number of rotatable bonds is 7. The molecule has 1 atom stereocenters. The van der Waals surface area contributed by atoms with Crippen LogP contribution in [0.3, 0.4) is 0 Å². The number of nitrogens with two attached hydrogens (primary N) is 1. The third kappa shape index (κ3) is 4.04. The van der Waals surface area contributed by atoms with Crippen LogP contribution in [0.5, 0.6) is 5.75 Å². The van der Waals surface area contributed by atoms with E-state index in [1.807, 2.05) is 39.0 Å². The van der Waals surface area contributed by atoms with E-state index in [0.29, 0.717) is 0 Å². The molecule has 0 saturated carbocycles. The van der Waals surface area contributed by atoms with Crippen molar-refractivity contribution in [3.63, 3.8) is 0 Å². The topological polar surface area (TPSA) is 64.3 Å². The average Bonchev–Trinajstić information content (AvgIpc) is 2.33. The van der Waals surface area contributed by atoms with Crippen molar-refractivity contribution in [3.05, 3.63) is 29.3 Å². The van der Waals surface area contributed by atoms with E-state index in [0.717, 1.165) is 24.3 Å². The van der Waals surface area contributed by atoms with E-state index in [4.69, 9.17) is 10.5 Å². The Morgan fingerprint density at radius 2 is 2.17 bits per heavy atom. The Labute approximate surface area is 109 Å². The lowest BCUT2D eigenvalue weighted by atomic mass is 10.1. The maximum Gasteiger partial charge on any atom is 0.238 e. The van der Waals surface area contributed by atoms with E-state index in [1.165, 1.54) is 5.56 Å². The normalized spacial score (nSPS) is 12.2. The van der Waals surface area contributed by atoms with Gasteiger partial charge in [0.25, 0.3) is 0 Å². The number of ether oxygens (including phenoxy) is 1. The van der Waals surface area contributed by atoms with Gasteiger partial charge < -0.3 is 15.8 Å². The Morgan fingerprint density at radius 3 is 2.78 bits per heavy atom. The van der Waals surface area contributed by atoms with Gasteiger partial charge >= 0.3 is 0 Å². The van der Waals surface area contributed by atoms with Gasteiger partial charge in [0.15, 0.2) is 0 Å². The molecule has 100 valence electrons. The van der Waals surface area contributed by atoms with Crippen LogP contribution in [-0.4, -0.2) is 25.1 Å². The number of carbonyl (C=O) groups excluding carboxylic acids is 1. The predicted molar refractivity (Wildman–Crippen MR) is 72.7 cm³/mol. The molecule has 1 amide bonds. The van der Waals surface area contributed by atoms with E-state index < -0.39 is 6.04 Å². The minimum Gasteiger partial charge on any atom is -0.491 e. The summed E-state index contributed by atoms with van der Waals surface area (Å²) in [4.78, 5) is 11.3. The lowest BCUT2D eigenvalue weighted by Crippen LogP contribution is -2.45. The van der Waals surface area contributed by atoms with Crippen LogP contribution in [0.4, 0.5) is 0 Å². The fraction of sp³-hybridized carbons (Fsp3) is 0.500. The van der Waals surface area contributed by atoms with E-state index in [1.54, 1.807) is 0 Å². The number of hydrogen-bond donors (Lipinski definition) is 2. The zero-order valence-corrected chi connectivity index (χ0v) is 11.3. The quantitative estimate of drug-likeness (QED) is 0.771. The summed E-state index contributed by atoms with van der Waals surface area (Å²) >= 11 is 0. The second-order valence-electron chi connectivity index (χ2n) is 4.42. The maximum absolute atomic E-state index is 11.3. The van der Waals surface area contributed by atoms with E-state index in [9.17, 15) is 4.79 Å². The van der Waals surface area contributed by atoms with Crippen molar-refractivity contribution in [2.75, 3.05) is 13.2 Å². The van der Waals surface area contributed by atoms with Gasteiger partial charge in [0.2, 0.25) is 5.91 Å². The lowest BCUT2D eigenvalue weighted by Gasteiger charge is -2.17. The van der Waals surface area contributed by atoms with Gasteiger partial charge in [0.1, 0.15) is 18.4 Å². The van der Waals surface area contributed by atoms with Crippen LogP contribution < -0.4 is 15.8 Å². The van der Waals surface area contributed by atoms with Gasteiger partial charge in [0.05, 0.1) is 0 Å². The number of primary amides is 1. The Bertz CT molecular complexity index is 405. The highest BCUT2D eigenvalue weighted by atomic mass is 16.5. The Hall–Kier alpha value is -1.55. The molecule has 0 aliphatic rings. The van der Waals surface area contributed by atoms with Gasteiger partial charge in [-0.3, -0.25) is 4.79 Å². The molecule has 0 aliphatic carbocycles. The molecule has 18 heavy (non-hydrogen) atoms. The minimum atomic E-state index is -0.440. The highest BCUT2D eigenvalue weighted by molar-refractivity contribution is 5.80. The third-order valence-electron chi connectivity index (χ3n) is 2.94. The minimum absolute atomic E-state index is 0.264. The number of nitrogens with one attached hydrogen (secondary N) is 1. The summed E-state index contributed by atoms with van der Waals surface area (Å²) in [6.07, 6.45) is 0.952. The SMILES string of the molecule is CCCNC(COc1cccc(C)c1C)C(N)=O. The summed E-state index contributed by atoms with van der Waals surface area (Å²) in [6.45, 7) is 7.09. The molecule has 0 radical (unpaired) electrons. The largest absolute Gasteiger partial charge is 0.491 e. The number of carbonyl (C=O) groups is 1. The zero-order chi connectivity index (χ0) is 13.5. The summed E-state index contributed by atoms with van der Waals surface area (Å²) < 4.78 is 5.67. The third-order valence-corrected chi connectivity index (χ3v) is 2.94. The monoisotopic (exact) mass is 250 g/mol. The summed E-state index contributed by atoms with van der Waals surface area (Å²) in [6, 6.07) is 5.43. The molecule has 0 bridgehead atoms. The van der Waals surface area contributed by atoms with Gasteiger partial charge in [-0.15, -0.1) is 0 Å². The molecule has 0 aromatic heterocycles. The molecule has 1 unspecified atom stereocenters. The summed E-state index contributed by atoms with van der Waals surface area (Å²) in [7, 11) is 0. The van der Waals surface area contributed by atoms with Crippen molar-refractivity contribution in [1.82, 2.24) is 5.32 Å². The van der Waals surface area contributed by atoms with Gasteiger partial charge in [-0.2, -0.15) is 0 Å². The van der Waals surface area contributed by atoms with Crippen molar-refractivity contribution in [2.24, 2.45) is 5.73 Å². The molecular weight excluding hydrogens is 228 g/mol. The van der Waals surface area contributed by atoms with E-state index in [2.05, 4.69) is 5.32 Å². The zero-order valence-electron chi connectivity index (χ0n) is 11.3. The molecule has 0 spiro atoms. The van der Waals surface area contributed by atoms with Crippen LogP contribution in [0.15, 0.2) is 18.2 Å². The number of hydrogen-bond acceptors (Lipinski definition) is 3. The highest BCUT2D eigenvalue weighted by Crippen LogP contribution is 2.20. The molecule has 0 aliphatic heterocycles. The summed E-state index contributed by atoms with van der Waals surface area (Å²) in [5.41, 5.74) is 7.59. The fourth-order valence-electron chi connectivity index (χ4n) is 1.61. The smallest absolute Gasteiger partial charge is 0.238 e. The van der Waals surface area contributed by atoms with Crippen LogP contribution in [0.2, 0.25) is 0 Å². The molecule has 4 nitrogen and oxygen atoms in total. The second kappa shape index (κ2) is 7.01. The first-order valence-electron chi connectivity index (χ1n) is 6.28. The van der Waals surface area contributed by atoms with Crippen LogP contribution >= 0.6 is 0 Å². The van der Waals surface area contributed by atoms with Crippen molar-refractivity contribution in [3.8, 4) is 5.75 Å². The van der Waals surface area contributed by atoms with Crippen molar-refractivity contribution < 1.29 is 9.53 Å². The lowest BCUT2D eigenvalue weighted by molar-refractivity contribution is -0.120. The molecule has 4 heteroatoms. The van der Waals surface area contributed by atoms with Gasteiger partial charge in [-0.25, -0.2) is 0 Å². The number of aryl methyl sites for hydroxylation is 1. The fourth-order valence-corrected chi connectivity index (χ4v) is 1.61. The molecule has 1 rings (SSSR count). The Kier molecular flexibility index (Phi) is 5.65. The molecular formula is C14H22N2O2. The van der Waals surface area contributed by atoms with Gasteiger partial charge in [0, 0.05) is 0 Å². The predicted octanol–water partition coefficient (Wildman–Crippen LogP) is 1.54. The molecule has 0 fully saturated rings. The second-order valence-corrected chi connectivity index (χ2v) is 4.42. The highest BCUT2D eigenvalue weighted by Gasteiger charge is 2.15. The first-order chi connectivity index (χ1) is 8.56. The van der Waals surface area contributed by atoms with Gasteiger partial charge in [-0.05, 0) is 44.0 Å². The van der Waals surface area contributed by atoms with E-state index >= 15 is 0 Å². The molecule has 1 aromatic rings. The Balaban J connectivity index is 2.61. The molecule has 0 heterocycles. The first-order valence-corrected chi connectivity index (χ1v) is 6.28. The Morgan fingerprint density at radius 1 is 1.44 bits per heavy atom. The maximum atomic E-state index is 11.3. The number of benzene rings is 1. The van der Waals surface area contributed by atoms with Crippen LogP contribution in [-0.2, 0) is 4.79 Å². The van der Waals surface area contributed by atoms with Crippen molar-refractivity contribution in [1.29, 1.82) is 0 Å². The van der Waals surface area contributed by atoms with Crippen LogP contribution in [0.25, 0.3) is 0 Å². The van der Waals surface area contributed by atoms with Crippen LogP contribution in [0.1, 0.15) is 24.5 Å². The molecule has 0 saturated heterocycles. The van der Waals surface area contributed by atoms with Crippen molar-refractivity contribution in [2.45, 2.75) is 33.2 Å². The summed E-state index contributed by atoms with van der Waals surface area (Å²) in [5, 5.41) is 3.07. The number of amides is 1. The van der Waals surface area contributed by atoms with Gasteiger partial charge in [-0.1, -0.05) is 19.1 Å². The van der Waals surface area contributed by atoms with E-state index in [-0.39, 0.29) is 12.5 Å². The standard InChI is InChI=1S/C14H22N2O2/c1-4-8-16-12(14(15)17)9-18-13-7-5-6-10(2)11(13)3/h5-7,12,16H,4,8-9H2,1-3H3,(H2,15,17). The van der Waals surface area contributed by atoms with Crippen molar-refractivity contribution >= 4 is 5.91 Å². The first kappa shape index (κ1) is 14.5. The molecule has 3 N–H and O–H groups in total. The molecule has 1 aromatic carbocycles.